The molecule has 0 aliphatic carbocycles. The Morgan fingerprint density at radius 1 is 1.19 bits per heavy atom. The Labute approximate surface area is 157 Å². The zero-order valence-corrected chi connectivity index (χ0v) is 15.9. The van der Waals surface area contributed by atoms with Gasteiger partial charge < -0.3 is 4.90 Å². The SMILES string of the molecule is CN(C(=O)CCC(=O)/C=C/c1ccc([N+](=O)[O-])cc1)C1CCS(=O)(=O)CC1. The van der Waals surface area contributed by atoms with E-state index < -0.39 is 14.8 Å². The van der Waals surface area contributed by atoms with Crippen LogP contribution in [0.2, 0.25) is 0 Å². The second kappa shape index (κ2) is 8.90. The zero-order chi connectivity index (χ0) is 20.0. The van der Waals surface area contributed by atoms with Gasteiger partial charge in [0.1, 0.15) is 9.84 Å². The lowest BCUT2D eigenvalue weighted by atomic mass is 10.1. The van der Waals surface area contributed by atoms with E-state index in [4.69, 9.17) is 0 Å². The van der Waals surface area contributed by atoms with Gasteiger partial charge >= 0.3 is 0 Å². The van der Waals surface area contributed by atoms with Crippen LogP contribution in [0.15, 0.2) is 30.3 Å². The van der Waals surface area contributed by atoms with Gasteiger partial charge in [-0.25, -0.2) is 8.42 Å². The van der Waals surface area contributed by atoms with E-state index in [2.05, 4.69) is 0 Å². The molecule has 0 bridgehead atoms. The summed E-state index contributed by atoms with van der Waals surface area (Å²) in [5.74, 6) is -0.226. The van der Waals surface area contributed by atoms with E-state index in [1.165, 1.54) is 30.3 Å². The first-order chi connectivity index (χ1) is 12.7. The molecule has 1 aromatic rings. The van der Waals surface area contributed by atoms with E-state index in [1.54, 1.807) is 18.0 Å². The summed E-state index contributed by atoms with van der Waals surface area (Å²) in [5.41, 5.74) is 0.628. The Morgan fingerprint density at radius 3 is 2.33 bits per heavy atom. The number of ketones is 1. The summed E-state index contributed by atoms with van der Waals surface area (Å²) >= 11 is 0. The highest BCUT2D eigenvalue weighted by molar-refractivity contribution is 7.91. The average Bonchev–Trinajstić information content (AvgIpc) is 2.64. The van der Waals surface area contributed by atoms with Crippen molar-refractivity contribution in [1.82, 2.24) is 4.90 Å². The molecule has 2 rings (SSSR count). The van der Waals surface area contributed by atoms with E-state index in [0.29, 0.717) is 18.4 Å². The minimum Gasteiger partial charge on any atom is -0.343 e. The van der Waals surface area contributed by atoms with Crippen LogP contribution in [0.1, 0.15) is 31.2 Å². The predicted octanol–water partition coefficient (Wildman–Crippen LogP) is 1.99. The molecule has 1 amide bonds. The Kier molecular flexibility index (Phi) is 6.84. The molecule has 146 valence electrons. The first-order valence-corrected chi connectivity index (χ1v) is 10.4. The molecule has 0 saturated carbocycles. The van der Waals surface area contributed by atoms with Crippen molar-refractivity contribution in [3.8, 4) is 0 Å². The third-order valence-electron chi connectivity index (χ3n) is 4.62. The normalized spacial score (nSPS) is 16.9. The Hall–Kier alpha value is -2.55. The molecule has 1 aliphatic heterocycles. The number of nitro groups is 1. The van der Waals surface area contributed by atoms with Gasteiger partial charge in [0.25, 0.3) is 5.69 Å². The average molecular weight is 394 g/mol. The van der Waals surface area contributed by atoms with Crippen LogP contribution in [0.5, 0.6) is 0 Å². The molecule has 0 N–H and O–H groups in total. The summed E-state index contributed by atoms with van der Waals surface area (Å²) in [7, 11) is -1.34. The van der Waals surface area contributed by atoms with Crippen LogP contribution in [0, 0.1) is 10.1 Å². The first kappa shape index (κ1) is 20.8. The largest absolute Gasteiger partial charge is 0.343 e. The van der Waals surface area contributed by atoms with E-state index in [1.807, 2.05) is 0 Å². The molecule has 9 heteroatoms. The van der Waals surface area contributed by atoms with Crippen LogP contribution in [0.3, 0.4) is 0 Å². The number of rotatable bonds is 7. The lowest BCUT2D eigenvalue weighted by Crippen LogP contribution is -2.42. The van der Waals surface area contributed by atoms with Crippen LogP contribution in [0.4, 0.5) is 5.69 Å². The van der Waals surface area contributed by atoms with E-state index >= 15 is 0 Å². The van der Waals surface area contributed by atoms with Crippen molar-refractivity contribution in [3.05, 3.63) is 46.0 Å². The van der Waals surface area contributed by atoms with Gasteiger partial charge in [0.15, 0.2) is 5.78 Å². The predicted molar refractivity (Wildman–Crippen MR) is 101 cm³/mol. The first-order valence-electron chi connectivity index (χ1n) is 8.59. The molecule has 1 heterocycles. The molecule has 8 nitrogen and oxygen atoms in total. The third-order valence-corrected chi connectivity index (χ3v) is 6.33. The number of allylic oxidation sites excluding steroid dienone is 1. The fourth-order valence-corrected chi connectivity index (χ4v) is 4.32. The number of benzene rings is 1. The van der Waals surface area contributed by atoms with Crippen molar-refractivity contribution in [2.24, 2.45) is 0 Å². The van der Waals surface area contributed by atoms with Gasteiger partial charge in [-0.3, -0.25) is 19.7 Å². The van der Waals surface area contributed by atoms with Crippen molar-refractivity contribution in [1.29, 1.82) is 0 Å². The van der Waals surface area contributed by atoms with Gasteiger partial charge in [-0.2, -0.15) is 0 Å². The molecule has 0 radical (unpaired) electrons. The van der Waals surface area contributed by atoms with Crippen LogP contribution in [0.25, 0.3) is 6.08 Å². The van der Waals surface area contributed by atoms with Crippen LogP contribution in [-0.4, -0.2) is 54.5 Å². The van der Waals surface area contributed by atoms with Gasteiger partial charge in [0.05, 0.1) is 16.4 Å². The maximum atomic E-state index is 12.2. The number of sulfone groups is 1. The highest BCUT2D eigenvalue weighted by Gasteiger charge is 2.28. The molecule has 0 atom stereocenters. The molecular weight excluding hydrogens is 372 g/mol. The molecular formula is C18H22N2O6S. The van der Waals surface area contributed by atoms with E-state index in [0.717, 1.165) is 0 Å². The van der Waals surface area contributed by atoms with Crippen LogP contribution < -0.4 is 0 Å². The third kappa shape index (κ3) is 6.28. The summed E-state index contributed by atoms with van der Waals surface area (Å²) in [6.45, 7) is 0. The second-order valence-electron chi connectivity index (χ2n) is 6.54. The second-order valence-corrected chi connectivity index (χ2v) is 8.84. The van der Waals surface area contributed by atoms with Crippen LogP contribution in [-0.2, 0) is 19.4 Å². The number of carbonyl (C=O) groups is 2. The minimum atomic E-state index is -2.98. The summed E-state index contributed by atoms with van der Waals surface area (Å²) in [6.07, 6.45) is 3.87. The zero-order valence-electron chi connectivity index (χ0n) is 15.0. The fraction of sp³-hybridized carbons (Fsp3) is 0.444. The van der Waals surface area contributed by atoms with E-state index in [-0.39, 0.29) is 47.8 Å². The lowest BCUT2D eigenvalue weighted by Gasteiger charge is -2.31. The monoisotopic (exact) mass is 394 g/mol. The van der Waals surface area contributed by atoms with Gasteiger partial charge in [0.2, 0.25) is 5.91 Å². The highest BCUT2D eigenvalue weighted by Crippen LogP contribution is 2.18. The topological polar surface area (TPSA) is 115 Å². The molecule has 1 saturated heterocycles. The quantitative estimate of drug-likeness (QED) is 0.397. The minimum absolute atomic E-state index is 0.0253. The van der Waals surface area contributed by atoms with Crippen molar-refractivity contribution in [2.45, 2.75) is 31.7 Å². The Bertz CT molecular complexity index is 831. The van der Waals surface area contributed by atoms with Gasteiger partial charge in [-0.15, -0.1) is 0 Å². The van der Waals surface area contributed by atoms with Gasteiger partial charge in [-0.05, 0) is 36.6 Å². The highest BCUT2D eigenvalue weighted by atomic mass is 32.2. The van der Waals surface area contributed by atoms with Gasteiger partial charge in [0, 0.05) is 38.1 Å². The summed E-state index contributed by atoms with van der Waals surface area (Å²) in [5, 5.41) is 10.6. The number of nitro benzene ring substituents is 1. The molecule has 1 fully saturated rings. The number of carbonyl (C=O) groups excluding carboxylic acids is 2. The summed E-state index contributed by atoms with van der Waals surface area (Å²) in [4.78, 5) is 35.8. The van der Waals surface area contributed by atoms with Crippen molar-refractivity contribution < 1.29 is 22.9 Å². The Morgan fingerprint density at radius 2 is 1.78 bits per heavy atom. The van der Waals surface area contributed by atoms with Crippen LogP contribution >= 0.6 is 0 Å². The smallest absolute Gasteiger partial charge is 0.269 e. The van der Waals surface area contributed by atoms with Crippen molar-refractivity contribution in [2.75, 3.05) is 18.6 Å². The summed E-state index contributed by atoms with van der Waals surface area (Å²) in [6, 6.07) is 5.68. The molecule has 0 unspecified atom stereocenters. The maximum Gasteiger partial charge on any atom is 0.269 e. The number of amides is 1. The number of hydrogen-bond acceptors (Lipinski definition) is 6. The molecule has 1 aromatic carbocycles. The molecule has 27 heavy (non-hydrogen) atoms. The number of nitrogens with zero attached hydrogens (tertiary/aromatic N) is 2. The van der Waals surface area contributed by atoms with Crippen molar-refractivity contribution >= 4 is 33.3 Å². The molecule has 0 aromatic heterocycles. The summed E-state index contributed by atoms with van der Waals surface area (Å²) < 4.78 is 22.9. The lowest BCUT2D eigenvalue weighted by molar-refractivity contribution is -0.384. The van der Waals surface area contributed by atoms with E-state index in [9.17, 15) is 28.1 Å². The maximum absolute atomic E-state index is 12.2. The Balaban J connectivity index is 1.80. The number of non-ortho nitro benzene ring substituents is 1. The molecule has 0 spiro atoms. The van der Waals surface area contributed by atoms with Gasteiger partial charge in [-0.1, -0.05) is 6.08 Å². The number of hydrogen-bond donors (Lipinski definition) is 0. The standard InChI is InChI=1S/C18H22N2O6S/c1-19(15-10-12-27(25,26)13-11-15)18(22)9-8-17(21)7-4-14-2-5-16(6-3-14)20(23)24/h2-7,15H,8-13H2,1H3/b7-4+. The fourth-order valence-electron chi connectivity index (χ4n) is 2.85. The molecule has 1 aliphatic rings. The van der Waals surface area contributed by atoms with Crippen molar-refractivity contribution in [3.63, 3.8) is 0 Å².